The zero-order valence-corrected chi connectivity index (χ0v) is 11.6. The Morgan fingerprint density at radius 3 is 2.71 bits per heavy atom. The Bertz CT molecular complexity index is 649. The topological polar surface area (TPSA) is 91.6 Å². The zero-order valence-electron chi connectivity index (χ0n) is 11.6. The van der Waals surface area contributed by atoms with E-state index < -0.39 is 5.97 Å². The first-order valence-corrected chi connectivity index (χ1v) is 6.43. The maximum Gasteiger partial charge on any atom is 0.338 e. The van der Waals surface area contributed by atoms with Crippen LogP contribution in [0.4, 0.5) is 5.69 Å². The largest absolute Gasteiger partial charge is 0.478 e. The van der Waals surface area contributed by atoms with Crippen molar-refractivity contribution < 1.29 is 19.1 Å². The molecule has 2 rings (SSSR count). The van der Waals surface area contributed by atoms with E-state index in [1.165, 1.54) is 12.3 Å². The number of aromatic carboxylic acids is 1. The molecule has 0 saturated carbocycles. The smallest absolute Gasteiger partial charge is 0.338 e. The Kier molecular flexibility index (Phi) is 4.61. The quantitative estimate of drug-likeness (QED) is 0.755. The number of anilines is 1. The second-order valence-electron chi connectivity index (χ2n) is 4.47. The highest BCUT2D eigenvalue weighted by Crippen LogP contribution is 2.17. The Morgan fingerprint density at radius 2 is 2.05 bits per heavy atom. The van der Waals surface area contributed by atoms with Gasteiger partial charge in [-0.3, -0.25) is 4.79 Å². The van der Waals surface area contributed by atoms with Gasteiger partial charge in [0.1, 0.15) is 12.0 Å². The summed E-state index contributed by atoms with van der Waals surface area (Å²) in [6, 6.07) is 8.91. The van der Waals surface area contributed by atoms with Gasteiger partial charge in [-0.05, 0) is 17.7 Å². The van der Waals surface area contributed by atoms with Gasteiger partial charge in [0.05, 0.1) is 18.5 Å². The second-order valence-corrected chi connectivity index (χ2v) is 4.47. The lowest BCUT2D eigenvalue weighted by molar-refractivity contribution is -0.119. The predicted octanol–water partition coefficient (Wildman–Crippen LogP) is 1.88. The van der Waals surface area contributed by atoms with Gasteiger partial charge in [-0.2, -0.15) is 0 Å². The summed E-state index contributed by atoms with van der Waals surface area (Å²) in [5.74, 6) is -0.581. The molecule has 6 heteroatoms. The molecular weight excluding hydrogens is 272 g/mol. The van der Waals surface area contributed by atoms with E-state index in [1.54, 1.807) is 7.05 Å². The Labute approximate surface area is 121 Å². The second kappa shape index (κ2) is 6.60. The van der Waals surface area contributed by atoms with Crippen molar-refractivity contribution in [2.45, 2.75) is 13.0 Å². The normalized spacial score (nSPS) is 10.1. The molecule has 0 aliphatic carbocycles. The number of hydrogen-bond donors (Lipinski definition) is 3. The lowest BCUT2D eigenvalue weighted by Crippen LogP contribution is -2.20. The number of furan rings is 1. The molecule has 0 aliphatic rings. The van der Waals surface area contributed by atoms with Gasteiger partial charge in [0.15, 0.2) is 0 Å². The van der Waals surface area contributed by atoms with Crippen molar-refractivity contribution in [2.24, 2.45) is 0 Å². The fraction of sp³-hybridized carbons (Fsp3) is 0.200. The standard InChI is InChI=1S/C15H16N2O4/c1-16-14(18)7-10-4-2-3-5-13(10)17-8-12-6-11(9-21-12)15(19)20/h2-6,9,17H,7-8H2,1H3,(H,16,18)(H,19,20). The minimum Gasteiger partial charge on any atom is -0.478 e. The van der Waals surface area contributed by atoms with Crippen molar-refractivity contribution in [1.82, 2.24) is 5.32 Å². The Balaban J connectivity index is 2.05. The van der Waals surface area contributed by atoms with Gasteiger partial charge in [0.2, 0.25) is 5.91 Å². The van der Waals surface area contributed by atoms with Crippen LogP contribution in [0.5, 0.6) is 0 Å². The maximum atomic E-state index is 11.5. The summed E-state index contributed by atoms with van der Waals surface area (Å²) in [6.45, 7) is 0.345. The van der Waals surface area contributed by atoms with Gasteiger partial charge in [0.25, 0.3) is 0 Å². The molecule has 0 bridgehead atoms. The molecule has 0 aliphatic heterocycles. The van der Waals surface area contributed by atoms with Crippen LogP contribution in [-0.2, 0) is 17.8 Å². The van der Waals surface area contributed by atoms with Crippen molar-refractivity contribution in [3.63, 3.8) is 0 Å². The molecule has 1 amide bonds. The first kappa shape index (κ1) is 14.6. The summed E-state index contributed by atoms with van der Waals surface area (Å²) in [5, 5.41) is 14.6. The van der Waals surface area contributed by atoms with Crippen LogP contribution in [0.1, 0.15) is 21.7 Å². The first-order chi connectivity index (χ1) is 10.1. The maximum absolute atomic E-state index is 11.5. The third-order valence-electron chi connectivity index (χ3n) is 3.00. The molecule has 0 spiro atoms. The van der Waals surface area contributed by atoms with Crippen LogP contribution in [0.2, 0.25) is 0 Å². The molecule has 3 N–H and O–H groups in total. The number of carbonyl (C=O) groups is 2. The van der Waals surface area contributed by atoms with Crippen LogP contribution in [0, 0.1) is 0 Å². The summed E-state index contributed by atoms with van der Waals surface area (Å²) >= 11 is 0. The molecule has 1 heterocycles. The number of para-hydroxylation sites is 1. The molecule has 0 atom stereocenters. The third kappa shape index (κ3) is 3.85. The molecule has 1 aromatic heterocycles. The third-order valence-corrected chi connectivity index (χ3v) is 3.00. The van der Waals surface area contributed by atoms with E-state index in [-0.39, 0.29) is 17.9 Å². The van der Waals surface area contributed by atoms with E-state index in [4.69, 9.17) is 9.52 Å². The molecule has 1 aromatic carbocycles. The minimum absolute atomic E-state index is 0.0737. The number of hydrogen-bond acceptors (Lipinski definition) is 4. The number of nitrogens with one attached hydrogen (secondary N) is 2. The number of likely N-dealkylation sites (N-methyl/N-ethyl adjacent to an activating group) is 1. The van der Waals surface area contributed by atoms with E-state index in [0.29, 0.717) is 12.3 Å². The van der Waals surface area contributed by atoms with Crippen LogP contribution in [0.3, 0.4) is 0 Å². The zero-order chi connectivity index (χ0) is 15.2. The van der Waals surface area contributed by atoms with E-state index >= 15 is 0 Å². The summed E-state index contributed by atoms with van der Waals surface area (Å²) in [5.41, 5.74) is 1.79. The highest BCUT2D eigenvalue weighted by molar-refractivity contribution is 5.87. The first-order valence-electron chi connectivity index (χ1n) is 6.43. The molecule has 110 valence electrons. The van der Waals surface area contributed by atoms with E-state index in [2.05, 4.69) is 10.6 Å². The van der Waals surface area contributed by atoms with Crippen LogP contribution >= 0.6 is 0 Å². The predicted molar refractivity (Wildman–Crippen MR) is 77.2 cm³/mol. The highest BCUT2D eigenvalue weighted by Gasteiger charge is 2.10. The van der Waals surface area contributed by atoms with Crippen LogP contribution < -0.4 is 10.6 Å². The molecule has 0 unspecified atom stereocenters. The summed E-state index contributed by atoms with van der Waals surface area (Å²) in [4.78, 5) is 22.2. The average Bonchev–Trinajstić information content (AvgIpc) is 2.95. The summed E-state index contributed by atoms with van der Waals surface area (Å²) < 4.78 is 5.17. The van der Waals surface area contributed by atoms with E-state index in [0.717, 1.165) is 11.3 Å². The number of carboxylic acids is 1. The van der Waals surface area contributed by atoms with Gasteiger partial charge in [-0.15, -0.1) is 0 Å². The number of benzene rings is 1. The minimum atomic E-state index is -1.02. The lowest BCUT2D eigenvalue weighted by atomic mass is 10.1. The Hall–Kier alpha value is -2.76. The van der Waals surface area contributed by atoms with Crippen molar-refractivity contribution in [3.8, 4) is 0 Å². The van der Waals surface area contributed by atoms with E-state index in [9.17, 15) is 9.59 Å². The SMILES string of the molecule is CNC(=O)Cc1ccccc1NCc1cc(C(=O)O)co1. The lowest BCUT2D eigenvalue weighted by Gasteiger charge is -2.10. The molecule has 2 aromatic rings. The molecular formula is C15H16N2O4. The van der Waals surface area contributed by atoms with Crippen molar-refractivity contribution in [2.75, 3.05) is 12.4 Å². The van der Waals surface area contributed by atoms with Crippen molar-refractivity contribution >= 4 is 17.6 Å². The fourth-order valence-electron chi connectivity index (χ4n) is 1.88. The Morgan fingerprint density at radius 1 is 1.29 bits per heavy atom. The number of amides is 1. The number of carbonyl (C=O) groups excluding carboxylic acids is 1. The van der Waals surface area contributed by atoms with Crippen molar-refractivity contribution in [3.05, 3.63) is 53.5 Å². The van der Waals surface area contributed by atoms with Crippen LogP contribution in [0.25, 0.3) is 0 Å². The average molecular weight is 288 g/mol. The van der Waals surface area contributed by atoms with Gasteiger partial charge in [0, 0.05) is 12.7 Å². The molecule has 6 nitrogen and oxygen atoms in total. The van der Waals surface area contributed by atoms with Crippen LogP contribution in [0.15, 0.2) is 41.0 Å². The van der Waals surface area contributed by atoms with Gasteiger partial charge in [-0.1, -0.05) is 18.2 Å². The van der Waals surface area contributed by atoms with Gasteiger partial charge >= 0.3 is 5.97 Å². The fourth-order valence-corrected chi connectivity index (χ4v) is 1.88. The van der Waals surface area contributed by atoms with Gasteiger partial charge in [-0.25, -0.2) is 4.79 Å². The number of rotatable bonds is 6. The number of carboxylic acid groups (broad SMARTS) is 1. The summed E-state index contributed by atoms with van der Waals surface area (Å²) in [7, 11) is 1.59. The van der Waals surface area contributed by atoms with Crippen molar-refractivity contribution in [1.29, 1.82) is 0 Å². The van der Waals surface area contributed by atoms with Gasteiger partial charge < -0.3 is 20.2 Å². The van der Waals surface area contributed by atoms with Crippen LogP contribution in [-0.4, -0.2) is 24.0 Å². The summed E-state index contributed by atoms with van der Waals surface area (Å²) in [6.07, 6.45) is 1.48. The molecule has 0 fully saturated rings. The molecule has 0 radical (unpaired) electrons. The monoisotopic (exact) mass is 288 g/mol. The van der Waals surface area contributed by atoms with E-state index in [1.807, 2.05) is 24.3 Å². The highest BCUT2D eigenvalue weighted by atomic mass is 16.4. The molecule has 21 heavy (non-hydrogen) atoms. The molecule has 0 saturated heterocycles.